The van der Waals surface area contributed by atoms with Gasteiger partial charge in [0.25, 0.3) is 0 Å². The van der Waals surface area contributed by atoms with E-state index in [0.717, 1.165) is 12.8 Å². The fraction of sp³-hybridized carbons (Fsp3) is 0.750. The predicted octanol–water partition coefficient (Wildman–Crippen LogP) is 2.11. The van der Waals surface area contributed by atoms with Gasteiger partial charge in [0.1, 0.15) is 0 Å². The zero-order chi connectivity index (χ0) is 15.1. The van der Waals surface area contributed by atoms with Crippen LogP contribution in [0.4, 0.5) is 0 Å². The van der Waals surface area contributed by atoms with Gasteiger partial charge in [0.2, 0.25) is 0 Å². The van der Waals surface area contributed by atoms with Gasteiger partial charge in [-0.15, -0.1) is 0 Å². The molecule has 1 unspecified atom stereocenters. The number of hydrogen-bond acceptors (Lipinski definition) is 4. The molecule has 0 bridgehead atoms. The van der Waals surface area contributed by atoms with Crippen LogP contribution < -0.4 is 0 Å². The first kappa shape index (κ1) is 15.2. The molecule has 4 nitrogen and oxygen atoms in total. The molecule has 0 aliphatic heterocycles. The van der Waals surface area contributed by atoms with Gasteiger partial charge >= 0.3 is 5.97 Å². The van der Waals surface area contributed by atoms with Gasteiger partial charge < -0.3 is 9.84 Å². The van der Waals surface area contributed by atoms with E-state index in [2.05, 4.69) is 6.92 Å². The third-order valence-electron chi connectivity index (χ3n) is 5.49. The van der Waals surface area contributed by atoms with Crippen LogP contribution in [-0.4, -0.2) is 30.1 Å². The maximum absolute atomic E-state index is 12.3. The Balaban J connectivity index is 2.38. The molecule has 2 rings (SSSR count). The molecule has 0 aromatic rings. The molecule has 112 valence electrons. The summed E-state index contributed by atoms with van der Waals surface area (Å²) >= 11 is 0. The van der Waals surface area contributed by atoms with Crippen LogP contribution in [-0.2, 0) is 14.3 Å². The Hall–Kier alpha value is -1.16. The van der Waals surface area contributed by atoms with E-state index in [0.29, 0.717) is 12.0 Å². The highest BCUT2D eigenvalue weighted by atomic mass is 16.5. The Morgan fingerprint density at radius 1 is 1.50 bits per heavy atom. The van der Waals surface area contributed by atoms with Crippen LogP contribution in [0.15, 0.2) is 11.6 Å². The number of fused-ring (bicyclic) bond motifs is 1. The maximum atomic E-state index is 12.3. The van der Waals surface area contributed by atoms with Crippen LogP contribution in [0, 0.1) is 23.2 Å². The van der Waals surface area contributed by atoms with Gasteiger partial charge in [-0.05, 0) is 37.0 Å². The fourth-order valence-electron chi connectivity index (χ4n) is 3.72. The van der Waals surface area contributed by atoms with Gasteiger partial charge in [0.05, 0.1) is 19.1 Å². The third-order valence-corrected chi connectivity index (χ3v) is 5.49. The highest BCUT2D eigenvalue weighted by Crippen LogP contribution is 2.51. The number of rotatable bonds is 2. The first-order valence-corrected chi connectivity index (χ1v) is 7.33. The molecule has 4 heteroatoms. The molecular formula is C16H24O4. The molecule has 1 saturated carbocycles. The SMILES string of the molecule is COC(=O)C(C)C1=C[C@@]2(C)[C@H](CC[C@H](O)[C@@H]2C)CC1=O. The average molecular weight is 280 g/mol. The minimum Gasteiger partial charge on any atom is -0.469 e. The molecule has 0 amide bonds. The topological polar surface area (TPSA) is 63.6 Å². The first-order valence-electron chi connectivity index (χ1n) is 7.33. The van der Waals surface area contributed by atoms with Crippen molar-refractivity contribution >= 4 is 11.8 Å². The number of aliphatic hydroxyl groups excluding tert-OH is 1. The lowest BCUT2D eigenvalue weighted by atomic mass is 9.56. The number of ether oxygens (including phenoxy) is 1. The lowest BCUT2D eigenvalue weighted by Crippen LogP contribution is -2.47. The summed E-state index contributed by atoms with van der Waals surface area (Å²) in [6, 6.07) is 0. The van der Waals surface area contributed by atoms with Crippen molar-refractivity contribution in [2.24, 2.45) is 23.2 Å². The molecule has 20 heavy (non-hydrogen) atoms. The number of esters is 1. The molecule has 0 spiro atoms. The highest BCUT2D eigenvalue weighted by Gasteiger charge is 2.48. The van der Waals surface area contributed by atoms with E-state index in [1.54, 1.807) is 6.92 Å². The second-order valence-electron chi connectivity index (χ2n) is 6.47. The lowest BCUT2D eigenvalue weighted by molar-refractivity contribution is -0.144. The van der Waals surface area contributed by atoms with E-state index in [9.17, 15) is 14.7 Å². The molecule has 5 atom stereocenters. The zero-order valence-electron chi connectivity index (χ0n) is 12.7. The van der Waals surface area contributed by atoms with Gasteiger partial charge in [-0.2, -0.15) is 0 Å². The molecule has 2 aliphatic carbocycles. The van der Waals surface area contributed by atoms with Crippen molar-refractivity contribution in [3.05, 3.63) is 11.6 Å². The standard InChI is InChI=1S/C16H24O4/c1-9(15(19)20-4)12-8-16(3)10(2)13(17)6-5-11(16)7-14(12)18/h8-11,13,17H,5-7H2,1-4H3/t9?,10-,11+,13-,16+/m0/s1. The van der Waals surface area contributed by atoms with Crippen LogP contribution in [0.2, 0.25) is 0 Å². The van der Waals surface area contributed by atoms with E-state index in [4.69, 9.17) is 4.74 Å². The minimum atomic E-state index is -0.531. The van der Waals surface area contributed by atoms with Crippen molar-refractivity contribution < 1.29 is 19.4 Å². The third kappa shape index (κ3) is 2.30. The summed E-state index contributed by atoms with van der Waals surface area (Å²) in [5.41, 5.74) is 0.333. The smallest absolute Gasteiger partial charge is 0.312 e. The molecular weight excluding hydrogens is 256 g/mol. The molecule has 0 radical (unpaired) electrons. The summed E-state index contributed by atoms with van der Waals surface area (Å²) in [6.45, 7) is 5.84. The summed E-state index contributed by atoms with van der Waals surface area (Å²) in [6.07, 6.45) is 3.70. The van der Waals surface area contributed by atoms with Crippen LogP contribution in [0.25, 0.3) is 0 Å². The molecule has 1 N–H and O–H groups in total. The minimum absolute atomic E-state index is 0.0500. The number of aliphatic hydroxyl groups is 1. The number of Topliss-reactive ketones (excluding diaryl/α,β-unsaturated/α-hetero) is 1. The largest absolute Gasteiger partial charge is 0.469 e. The Labute approximate surface area is 120 Å². The predicted molar refractivity (Wildman–Crippen MR) is 74.9 cm³/mol. The van der Waals surface area contributed by atoms with Gasteiger partial charge in [0.15, 0.2) is 5.78 Å². The molecule has 1 fully saturated rings. The second kappa shape index (κ2) is 5.32. The average Bonchev–Trinajstić information content (AvgIpc) is 2.43. The maximum Gasteiger partial charge on any atom is 0.312 e. The van der Waals surface area contributed by atoms with Crippen LogP contribution >= 0.6 is 0 Å². The number of methoxy groups -OCH3 is 1. The normalized spacial score (nSPS) is 38.8. The van der Waals surface area contributed by atoms with Crippen molar-refractivity contribution in [2.75, 3.05) is 7.11 Å². The zero-order valence-corrected chi connectivity index (χ0v) is 12.7. The lowest BCUT2D eigenvalue weighted by Gasteiger charge is -2.49. The highest BCUT2D eigenvalue weighted by molar-refractivity contribution is 6.01. The Bertz CT molecular complexity index is 453. The van der Waals surface area contributed by atoms with Crippen molar-refractivity contribution in [3.8, 4) is 0 Å². The Morgan fingerprint density at radius 2 is 2.15 bits per heavy atom. The van der Waals surface area contributed by atoms with E-state index >= 15 is 0 Å². The summed E-state index contributed by atoms with van der Waals surface area (Å²) in [5, 5.41) is 10.1. The van der Waals surface area contributed by atoms with Crippen molar-refractivity contribution in [3.63, 3.8) is 0 Å². The second-order valence-corrected chi connectivity index (χ2v) is 6.47. The molecule has 0 aromatic heterocycles. The number of carbonyl (C=O) groups excluding carboxylic acids is 2. The van der Waals surface area contributed by atoms with Gasteiger partial charge in [-0.25, -0.2) is 0 Å². The van der Waals surface area contributed by atoms with Crippen molar-refractivity contribution in [1.82, 2.24) is 0 Å². The van der Waals surface area contributed by atoms with Gasteiger partial charge in [-0.3, -0.25) is 9.59 Å². The summed E-state index contributed by atoms with van der Waals surface area (Å²) in [5.74, 6) is -0.502. The molecule has 2 aliphatic rings. The first-order chi connectivity index (χ1) is 9.31. The van der Waals surface area contributed by atoms with Crippen LogP contribution in [0.5, 0.6) is 0 Å². The van der Waals surface area contributed by atoms with Gasteiger partial charge in [-0.1, -0.05) is 19.9 Å². The van der Waals surface area contributed by atoms with Crippen LogP contribution in [0.3, 0.4) is 0 Å². The fourth-order valence-corrected chi connectivity index (χ4v) is 3.72. The van der Waals surface area contributed by atoms with Crippen LogP contribution in [0.1, 0.15) is 40.0 Å². The van der Waals surface area contributed by atoms with Crippen molar-refractivity contribution in [1.29, 1.82) is 0 Å². The van der Waals surface area contributed by atoms with Crippen molar-refractivity contribution in [2.45, 2.75) is 46.1 Å². The summed E-state index contributed by atoms with van der Waals surface area (Å²) in [7, 11) is 1.34. The molecule has 0 aromatic carbocycles. The monoisotopic (exact) mass is 280 g/mol. The number of allylic oxidation sites excluding steroid dienone is 1. The van der Waals surface area contributed by atoms with E-state index in [1.165, 1.54) is 7.11 Å². The summed E-state index contributed by atoms with van der Waals surface area (Å²) in [4.78, 5) is 24.0. The van der Waals surface area contributed by atoms with E-state index in [1.807, 2.05) is 13.0 Å². The Kier molecular flexibility index (Phi) is 4.05. The Morgan fingerprint density at radius 3 is 2.75 bits per heavy atom. The van der Waals surface area contributed by atoms with E-state index in [-0.39, 0.29) is 35.1 Å². The quantitative estimate of drug-likeness (QED) is 0.787. The summed E-state index contributed by atoms with van der Waals surface area (Å²) < 4.78 is 4.75. The van der Waals surface area contributed by atoms with Gasteiger partial charge in [0, 0.05) is 12.0 Å². The number of hydrogen-bond donors (Lipinski definition) is 1. The molecule has 0 saturated heterocycles. The number of carbonyl (C=O) groups is 2. The number of ketones is 1. The molecule has 0 heterocycles. The van der Waals surface area contributed by atoms with E-state index < -0.39 is 5.92 Å².